The van der Waals surface area contributed by atoms with Gasteiger partial charge in [-0.3, -0.25) is 0 Å². The number of methoxy groups -OCH3 is 1. The van der Waals surface area contributed by atoms with Gasteiger partial charge in [0.1, 0.15) is 4.88 Å². The Bertz CT molecular complexity index is 654. The molecule has 122 valence electrons. The first-order valence-corrected chi connectivity index (χ1v) is 10.00. The average molecular weight is 474 g/mol. The molecule has 0 amide bonds. The van der Waals surface area contributed by atoms with Crippen LogP contribution in [0.25, 0.3) is 10.1 Å². The van der Waals surface area contributed by atoms with E-state index >= 15 is 0 Å². The molecule has 2 aromatic heterocycles. The standard InChI is InChI=1S/C14H15Br2FO3S2/c1-19-6-4-2-3-5-7-20-14(18)11-9(17)8-10(21-11)13(16)22-12(8)15/h2-7H2,1H3. The Hall–Kier alpha value is -0.0200. The lowest BCUT2D eigenvalue weighted by atomic mass is 10.2. The number of halogens is 3. The van der Waals surface area contributed by atoms with Crippen LogP contribution < -0.4 is 0 Å². The highest BCUT2D eigenvalue weighted by atomic mass is 79.9. The summed E-state index contributed by atoms with van der Waals surface area (Å²) in [6, 6.07) is 0. The maximum Gasteiger partial charge on any atom is 0.351 e. The second-order valence-electron chi connectivity index (χ2n) is 4.64. The minimum absolute atomic E-state index is 0.0404. The van der Waals surface area contributed by atoms with Crippen LogP contribution in [0.4, 0.5) is 4.39 Å². The van der Waals surface area contributed by atoms with Gasteiger partial charge in [-0.1, -0.05) is 6.42 Å². The van der Waals surface area contributed by atoms with E-state index in [4.69, 9.17) is 9.47 Å². The lowest BCUT2D eigenvalue weighted by molar-refractivity contribution is 0.0498. The van der Waals surface area contributed by atoms with Crippen LogP contribution in [0.5, 0.6) is 0 Å². The van der Waals surface area contributed by atoms with E-state index in [-0.39, 0.29) is 4.88 Å². The molecule has 0 saturated heterocycles. The van der Waals surface area contributed by atoms with Crippen molar-refractivity contribution in [3.8, 4) is 0 Å². The van der Waals surface area contributed by atoms with Crippen LogP contribution in [-0.2, 0) is 9.47 Å². The molecular weight excluding hydrogens is 459 g/mol. The predicted molar refractivity (Wildman–Crippen MR) is 95.7 cm³/mol. The second-order valence-corrected chi connectivity index (χ2v) is 9.32. The number of rotatable bonds is 8. The second kappa shape index (κ2) is 8.73. The van der Waals surface area contributed by atoms with Gasteiger partial charge >= 0.3 is 5.97 Å². The molecule has 0 aliphatic heterocycles. The highest BCUT2D eigenvalue weighted by molar-refractivity contribution is 9.12. The zero-order valence-corrected chi connectivity index (χ0v) is 16.7. The van der Waals surface area contributed by atoms with E-state index in [0.717, 1.165) is 52.1 Å². The third-order valence-corrected chi connectivity index (χ3v) is 7.15. The zero-order valence-electron chi connectivity index (χ0n) is 11.9. The molecule has 0 aliphatic carbocycles. The van der Waals surface area contributed by atoms with Crippen LogP contribution in [0, 0.1) is 5.82 Å². The van der Waals surface area contributed by atoms with E-state index in [0.29, 0.717) is 15.8 Å². The van der Waals surface area contributed by atoms with Crippen LogP contribution in [0.2, 0.25) is 0 Å². The quantitative estimate of drug-likeness (QED) is 0.349. The number of hydrogen-bond donors (Lipinski definition) is 0. The van der Waals surface area contributed by atoms with Crippen molar-refractivity contribution in [2.45, 2.75) is 25.7 Å². The van der Waals surface area contributed by atoms with Crippen molar-refractivity contribution in [2.75, 3.05) is 20.3 Å². The average Bonchev–Trinajstić information content (AvgIpc) is 2.97. The van der Waals surface area contributed by atoms with Crippen molar-refractivity contribution in [3.63, 3.8) is 0 Å². The summed E-state index contributed by atoms with van der Waals surface area (Å²) >= 11 is 9.21. The van der Waals surface area contributed by atoms with E-state index in [2.05, 4.69) is 31.9 Å². The summed E-state index contributed by atoms with van der Waals surface area (Å²) in [5.74, 6) is -1.08. The molecule has 8 heteroatoms. The molecule has 0 unspecified atom stereocenters. The van der Waals surface area contributed by atoms with Gasteiger partial charge in [-0.25, -0.2) is 9.18 Å². The number of carbonyl (C=O) groups excluding carboxylic acids is 1. The fraction of sp³-hybridized carbons (Fsp3) is 0.500. The third kappa shape index (κ3) is 4.29. The molecule has 0 N–H and O–H groups in total. The smallest absolute Gasteiger partial charge is 0.351 e. The first-order valence-electron chi connectivity index (χ1n) is 6.78. The Balaban J connectivity index is 1.88. The zero-order chi connectivity index (χ0) is 16.1. The van der Waals surface area contributed by atoms with E-state index in [9.17, 15) is 9.18 Å². The van der Waals surface area contributed by atoms with Gasteiger partial charge < -0.3 is 9.47 Å². The van der Waals surface area contributed by atoms with Crippen LogP contribution in [-0.4, -0.2) is 26.3 Å². The number of ether oxygens (including phenoxy) is 2. The summed E-state index contributed by atoms with van der Waals surface area (Å²) in [5, 5.41) is 0.452. The van der Waals surface area contributed by atoms with Crippen LogP contribution in [0.3, 0.4) is 0 Å². The SMILES string of the molecule is COCCCCCCOC(=O)c1sc2c(Br)sc(Br)c2c1F. The van der Waals surface area contributed by atoms with Crippen LogP contribution in [0.15, 0.2) is 7.57 Å². The largest absolute Gasteiger partial charge is 0.461 e. The number of thiophene rings is 2. The van der Waals surface area contributed by atoms with E-state index in [1.807, 2.05) is 0 Å². The van der Waals surface area contributed by atoms with Gasteiger partial charge in [-0.2, -0.15) is 0 Å². The lowest BCUT2D eigenvalue weighted by Gasteiger charge is -2.03. The van der Waals surface area contributed by atoms with Gasteiger partial charge in [-0.15, -0.1) is 22.7 Å². The molecule has 0 aliphatic rings. The normalized spacial score (nSPS) is 11.3. The Morgan fingerprint density at radius 3 is 2.41 bits per heavy atom. The predicted octanol–water partition coefficient (Wildman–Crippen LogP) is 5.99. The van der Waals surface area contributed by atoms with Gasteiger partial charge in [0, 0.05) is 13.7 Å². The number of fused-ring (bicyclic) bond motifs is 1. The Labute approximate surface area is 153 Å². The van der Waals surface area contributed by atoms with Crippen LogP contribution >= 0.6 is 54.5 Å². The number of carbonyl (C=O) groups is 1. The first kappa shape index (κ1) is 18.3. The van der Waals surface area contributed by atoms with Crippen molar-refractivity contribution in [2.24, 2.45) is 0 Å². The molecular formula is C14H15Br2FO3S2. The summed E-state index contributed by atoms with van der Waals surface area (Å²) < 4.78 is 26.7. The molecule has 0 fully saturated rings. The minimum Gasteiger partial charge on any atom is -0.461 e. The fourth-order valence-corrected chi connectivity index (χ4v) is 6.40. The Morgan fingerprint density at radius 1 is 1.09 bits per heavy atom. The monoisotopic (exact) mass is 472 g/mol. The first-order chi connectivity index (χ1) is 10.6. The molecule has 22 heavy (non-hydrogen) atoms. The minimum atomic E-state index is -0.584. The highest BCUT2D eigenvalue weighted by Crippen LogP contribution is 2.45. The fourth-order valence-electron chi connectivity index (χ4n) is 1.96. The molecule has 3 nitrogen and oxygen atoms in total. The molecule has 2 heterocycles. The van der Waals surface area contributed by atoms with Gasteiger partial charge in [-0.05, 0) is 51.1 Å². The van der Waals surface area contributed by atoms with E-state index < -0.39 is 11.8 Å². The van der Waals surface area contributed by atoms with Crippen molar-refractivity contribution in [1.29, 1.82) is 0 Å². The third-order valence-electron chi connectivity index (χ3n) is 3.07. The van der Waals surface area contributed by atoms with Gasteiger partial charge in [0.25, 0.3) is 0 Å². The number of hydrogen-bond acceptors (Lipinski definition) is 5. The van der Waals surface area contributed by atoms with Gasteiger partial charge in [0.15, 0.2) is 5.82 Å². The molecule has 0 atom stereocenters. The van der Waals surface area contributed by atoms with Crippen molar-refractivity contribution in [1.82, 2.24) is 0 Å². The molecule has 0 radical (unpaired) electrons. The van der Waals surface area contributed by atoms with Gasteiger partial charge in [0.05, 0.1) is 24.3 Å². The van der Waals surface area contributed by atoms with Crippen molar-refractivity contribution in [3.05, 3.63) is 18.3 Å². The molecule has 0 spiro atoms. The van der Waals surface area contributed by atoms with Gasteiger partial charge in [0.2, 0.25) is 0 Å². The summed E-state index contributed by atoms with van der Waals surface area (Å²) in [7, 11) is 1.68. The maximum absolute atomic E-state index is 14.3. The molecule has 0 saturated carbocycles. The molecule has 0 aromatic carbocycles. The molecule has 2 aromatic rings. The summed E-state index contributed by atoms with van der Waals surface area (Å²) in [6.07, 6.45) is 3.79. The van der Waals surface area contributed by atoms with Crippen molar-refractivity contribution < 1.29 is 18.7 Å². The summed E-state index contributed by atoms with van der Waals surface area (Å²) in [6.45, 7) is 1.07. The van der Waals surface area contributed by atoms with E-state index in [1.54, 1.807) is 7.11 Å². The van der Waals surface area contributed by atoms with Crippen LogP contribution in [0.1, 0.15) is 35.4 Å². The summed E-state index contributed by atoms with van der Waals surface area (Å²) in [5.41, 5.74) is 0. The lowest BCUT2D eigenvalue weighted by Crippen LogP contribution is -2.06. The maximum atomic E-state index is 14.3. The Morgan fingerprint density at radius 2 is 1.77 bits per heavy atom. The summed E-state index contributed by atoms with van der Waals surface area (Å²) in [4.78, 5) is 12.0. The molecule has 0 bridgehead atoms. The topological polar surface area (TPSA) is 35.5 Å². The number of unbranched alkanes of at least 4 members (excludes halogenated alkanes) is 3. The molecule has 2 rings (SSSR count). The van der Waals surface area contributed by atoms with Crippen molar-refractivity contribution >= 4 is 70.6 Å². The highest BCUT2D eigenvalue weighted by Gasteiger charge is 2.24. The van der Waals surface area contributed by atoms with E-state index in [1.165, 1.54) is 11.3 Å². The Kier molecular flexibility index (Phi) is 7.27. The number of esters is 1.